The second kappa shape index (κ2) is 18.6. The summed E-state index contributed by atoms with van der Waals surface area (Å²) in [5.41, 5.74) is 8.30. The van der Waals surface area contributed by atoms with E-state index in [2.05, 4.69) is 102 Å². The van der Waals surface area contributed by atoms with Gasteiger partial charge in [-0.1, -0.05) is 125 Å². The van der Waals surface area contributed by atoms with Crippen LogP contribution in [-0.4, -0.2) is 36.1 Å². The van der Waals surface area contributed by atoms with Gasteiger partial charge in [-0.05, 0) is 96.4 Å². The molecule has 2 amide bonds. The van der Waals surface area contributed by atoms with Gasteiger partial charge in [0.15, 0.2) is 0 Å². The third kappa shape index (κ3) is 8.52. The average molecular weight is 783 g/mol. The second-order valence-electron chi connectivity index (χ2n) is 15.7. The fourth-order valence-electron chi connectivity index (χ4n) is 8.69. The maximum absolute atomic E-state index is 14.1. The van der Waals surface area contributed by atoms with E-state index >= 15 is 0 Å². The lowest BCUT2D eigenvalue weighted by atomic mass is 9.92. The van der Waals surface area contributed by atoms with Crippen molar-refractivity contribution in [3.05, 3.63) is 162 Å². The lowest BCUT2D eigenvalue weighted by Gasteiger charge is -2.30. The average Bonchev–Trinajstić information content (AvgIpc) is 3.73. The van der Waals surface area contributed by atoms with Crippen molar-refractivity contribution in [1.82, 2.24) is 4.90 Å². The summed E-state index contributed by atoms with van der Waals surface area (Å²) in [5, 5.41) is 8.96. The van der Waals surface area contributed by atoms with Crippen LogP contribution in [-0.2, 0) is 0 Å². The largest absolute Gasteiger partial charge is 0.497 e. The fraction of sp³-hybridized carbons (Fsp3) is 0.288. The van der Waals surface area contributed by atoms with Crippen LogP contribution in [0.4, 0.5) is 22.7 Å². The highest BCUT2D eigenvalue weighted by Gasteiger charge is 2.36. The predicted molar refractivity (Wildman–Crippen MR) is 242 cm³/mol. The molecule has 7 heteroatoms. The van der Waals surface area contributed by atoms with Crippen LogP contribution in [0.1, 0.15) is 115 Å². The van der Waals surface area contributed by atoms with Crippen LogP contribution in [0.25, 0.3) is 10.8 Å². The van der Waals surface area contributed by atoms with E-state index in [0.717, 1.165) is 70.0 Å². The fourth-order valence-corrected chi connectivity index (χ4v) is 8.69. The quantitative estimate of drug-likeness (QED) is 0.0642. The van der Waals surface area contributed by atoms with Crippen molar-refractivity contribution >= 4 is 51.0 Å². The molecule has 0 aromatic heterocycles. The molecule has 0 aliphatic carbocycles. The van der Waals surface area contributed by atoms with E-state index in [-0.39, 0.29) is 17.9 Å². The number of rotatable bonds is 18. The molecule has 0 fully saturated rings. The van der Waals surface area contributed by atoms with Gasteiger partial charge in [0.1, 0.15) is 5.75 Å². The number of nitrogens with zero attached hydrogens (tertiary/aromatic N) is 4. The van der Waals surface area contributed by atoms with Crippen LogP contribution in [0.3, 0.4) is 0 Å². The van der Waals surface area contributed by atoms with Gasteiger partial charge >= 0.3 is 0 Å². The summed E-state index contributed by atoms with van der Waals surface area (Å²) in [7, 11) is 1.67. The highest BCUT2D eigenvalue weighted by Crippen LogP contribution is 2.44. The number of benzene rings is 6. The number of anilines is 4. The Morgan fingerprint density at radius 1 is 0.610 bits per heavy atom. The zero-order valence-electron chi connectivity index (χ0n) is 34.4. The summed E-state index contributed by atoms with van der Waals surface area (Å²) in [4.78, 5) is 31.8. The molecule has 8 rings (SSSR count). The Morgan fingerprint density at radius 3 is 1.80 bits per heavy atom. The number of ether oxygens (including phenoxy) is 1. The number of hydrogen-bond acceptors (Lipinski definition) is 6. The van der Waals surface area contributed by atoms with E-state index in [4.69, 9.17) is 9.84 Å². The van der Waals surface area contributed by atoms with Crippen molar-refractivity contribution in [1.29, 1.82) is 0 Å². The number of carbonyl (C=O) groups is 2. The number of amides is 2. The van der Waals surface area contributed by atoms with E-state index in [9.17, 15) is 9.59 Å². The molecule has 0 N–H and O–H groups in total. The van der Waals surface area contributed by atoms with Gasteiger partial charge in [-0.25, -0.2) is 0 Å². The molecule has 0 saturated carbocycles. The maximum Gasteiger partial charge on any atom is 0.261 e. The Hall–Kier alpha value is -6.21. The zero-order valence-corrected chi connectivity index (χ0v) is 34.4. The number of unbranched alkanes of at least 4 members (excludes halogenated alkanes) is 9. The van der Waals surface area contributed by atoms with Gasteiger partial charge in [0.05, 0.1) is 24.6 Å². The molecule has 6 aromatic carbocycles. The summed E-state index contributed by atoms with van der Waals surface area (Å²) < 4.78 is 5.46. The molecular weight excluding hydrogens is 729 g/mol. The SMILES string of the molecule is CCCCCCCCCCCCN1C(=O)c2cccc3c(N4N=C(c5ccc(OC)cc5)CC4c4ccc(N(c5ccccc5)c5ccccc5)cc4)ccc(c23)C1=O. The highest BCUT2D eigenvalue weighted by atomic mass is 16.5. The first kappa shape index (κ1) is 39.6. The summed E-state index contributed by atoms with van der Waals surface area (Å²) in [5.74, 6) is 0.370. The van der Waals surface area contributed by atoms with Crippen molar-refractivity contribution in [2.24, 2.45) is 5.10 Å². The van der Waals surface area contributed by atoms with Crippen molar-refractivity contribution < 1.29 is 14.3 Å². The minimum Gasteiger partial charge on any atom is -0.497 e. The minimum atomic E-state index is -0.210. The summed E-state index contributed by atoms with van der Waals surface area (Å²) in [6.45, 7) is 2.69. The van der Waals surface area contributed by atoms with Gasteiger partial charge in [-0.2, -0.15) is 5.10 Å². The molecule has 1 unspecified atom stereocenters. The van der Waals surface area contributed by atoms with Crippen LogP contribution in [0.15, 0.2) is 145 Å². The van der Waals surface area contributed by atoms with Crippen LogP contribution < -0.4 is 14.6 Å². The van der Waals surface area contributed by atoms with E-state index in [1.807, 2.05) is 54.6 Å². The number of para-hydroxylation sites is 2. The predicted octanol–water partition coefficient (Wildman–Crippen LogP) is 13.2. The molecule has 2 aliphatic heterocycles. The van der Waals surface area contributed by atoms with Gasteiger partial charge in [0.25, 0.3) is 11.8 Å². The van der Waals surface area contributed by atoms with Gasteiger partial charge < -0.3 is 9.64 Å². The Bertz CT molecular complexity index is 2330. The molecule has 0 bridgehead atoms. The van der Waals surface area contributed by atoms with Crippen molar-refractivity contribution in [2.45, 2.75) is 83.6 Å². The van der Waals surface area contributed by atoms with Gasteiger partial charge in [-0.15, -0.1) is 0 Å². The van der Waals surface area contributed by atoms with Gasteiger partial charge in [0.2, 0.25) is 0 Å². The first-order valence-corrected chi connectivity index (χ1v) is 21.5. The molecule has 300 valence electrons. The highest BCUT2D eigenvalue weighted by molar-refractivity contribution is 6.27. The molecule has 59 heavy (non-hydrogen) atoms. The molecule has 2 aliphatic rings. The lowest BCUT2D eigenvalue weighted by molar-refractivity contribution is 0.0607. The molecular formula is C52H54N4O3. The van der Waals surface area contributed by atoms with Crippen molar-refractivity contribution in [3.63, 3.8) is 0 Å². The topological polar surface area (TPSA) is 65.5 Å². The zero-order chi connectivity index (χ0) is 40.6. The second-order valence-corrected chi connectivity index (χ2v) is 15.7. The smallest absolute Gasteiger partial charge is 0.261 e. The molecule has 7 nitrogen and oxygen atoms in total. The Balaban J connectivity index is 1.08. The van der Waals surface area contributed by atoms with Crippen molar-refractivity contribution in [2.75, 3.05) is 23.6 Å². The molecule has 6 aromatic rings. The normalized spacial score (nSPS) is 14.9. The third-order valence-electron chi connectivity index (χ3n) is 11.8. The molecule has 0 saturated heterocycles. The molecule has 0 radical (unpaired) electrons. The Labute approximate surface area is 348 Å². The van der Waals surface area contributed by atoms with Gasteiger partial charge in [0, 0.05) is 51.9 Å². The molecule has 1 atom stereocenters. The number of hydrazone groups is 1. The third-order valence-corrected chi connectivity index (χ3v) is 11.8. The first-order chi connectivity index (χ1) is 29.1. The van der Waals surface area contributed by atoms with Crippen LogP contribution in [0.5, 0.6) is 5.75 Å². The monoisotopic (exact) mass is 782 g/mol. The van der Waals surface area contributed by atoms with Gasteiger partial charge in [-0.3, -0.25) is 19.5 Å². The summed E-state index contributed by atoms with van der Waals surface area (Å²) in [6, 6.07) is 47.2. The number of carbonyl (C=O) groups excluding carboxylic acids is 2. The van der Waals surface area contributed by atoms with Crippen LogP contribution in [0, 0.1) is 0 Å². The van der Waals surface area contributed by atoms with Crippen molar-refractivity contribution in [3.8, 4) is 5.75 Å². The maximum atomic E-state index is 14.1. The Morgan fingerprint density at radius 2 is 1.19 bits per heavy atom. The standard InChI is InChI=1S/C52H54N4O3/c1-3-4-5-6-7-8-9-10-11-18-36-54-51(57)45-25-19-24-44-48(35-34-46(50(44)45)52(54)58)56-49(37-47(53-56)38-28-32-43(59-2)33-29-38)39-26-30-42(31-27-39)55(40-20-14-12-15-21-40)41-22-16-13-17-23-41/h12-17,19-35,49H,3-11,18,36-37H2,1-2H3. The van der Waals surface area contributed by atoms with Crippen LogP contribution >= 0.6 is 0 Å². The van der Waals surface area contributed by atoms with Crippen LogP contribution in [0.2, 0.25) is 0 Å². The van der Waals surface area contributed by atoms with E-state index in [1.54, 1.807) is 7.11 Å². The number of hydrogen-bond donors (Lipinski definition) is 0. The first-order valence-electron chi connectivity index (χ1n) is 21.5. The number of methoxy groups -OCH3 is 1. The minimum absolute atomic E-state index is 0.136. The molecule has 2 heterocycles. The number of imide groups is 1. The van der Waals surface area contributed by atoms with E-state index in [0.29, 0.717) is 29.5 Å². The molecule has 0 spiro atoms. The van der Waals surface area contributed by atoms with E-state index in [1.165, 1.54) is 49.8 Å². The Kier molecular flexibility index (Phi) is 12.5. The summed E-state index contributed by atoms with van der Waals surface area (Å²) in [6.07, 6.45) is 12.7. The summed E-state index contributed by atoms with van der Waals surface area (Å²) >= 11 is 0. The lowest BCUT2D eigenvalue weighted by Crippen LogP contribution is -2.41. The van der Waals surface area contributed by atoms with E-state index < -0.39 is 0 Å².